The van der Waals surface area contributed by atoms with Gasteiger partial charge in [0.2, 0.25) is 0 Å². The van der Waals surface area contributed by atoms with Gasteiger partial charge in [0.25, 0.3) is 0 Å². The third-order valence-corrected chi connectivity index (χ3v) is 2.16. The summed E-state index contributed by atoms with van der Waals surface area (Å²) < 4.78 is 0. The van der Waals surface area contributed by atoms with Crippen LogP contribution in [-0.2, 0) is 0 Å². The molecule has 0 aliphatic heterocycles. The van der Waals surface area contributed by atoms with Crippen LogP contribution >= 0.6 is 0 Å². The maximum atomic E-state index is 5.42. The molecule has 0 saturated carbocycles. The maximum absolute atomic E-state index is 5.42. The fourth-order valence-corrected chi connectivity index (χ4v) is 1.45. The first-order valence-electron chi connectivity index (χ1n) is 4.87. The Morgan fingerprint density at radius 3 is 2.80 bits per heavy atom. The summed E-state index contributed by atoms with van der Waals surface area (Å²) in [5.41, 5.74) is 8.64. The van der Waals surface area contributed by atoms with E-state index in [9.17, 15) is 0 Å². The molecule has 3 heteroatoms. The molecule has 1 heterocycles. The molecule has 1 aromatic carbocycles. The van der Waals surface area contributed by atoms with E-state index in [1.807, 2.05) is 42.5 Å². The second-order valence-electron chi connectivity index (χ2n) is 3.20. The first kappa shape index (κ1) is 9.68. The third-order valence-electron chi connectivity index (χ3n) is 2.16. The summed E-state index contributed by atoms with van der Waals surface area (Å²) in [4.78, 5) is 0. The number of nitrogens with two attached hydrogens (primary N) is 1. The molecule has 0 spiro atoms. The average molecular weight is 199 g/mol. The van der Waals surface area contributed by atoms with Crippen molar-refractivity contribution in [1.29, 1.82) is 0 Å². The van der Waals surface area contributed by atoms with Crippen LogP contribution in [0, 0.1) is 0 Å². The number of nitrogens with zero attached hydrogens (tertiary/aromatic N) is 1. The van der Waals surface area contributed by atoms with E-state index in [0.29, 0.717) is 6.54 Å². The number of H-pyrrole nitrogens is 1. The van der Waals surface area contributed by atoms with Gasteiger partial charge in [0.1, 0.15) is 0 Å². The molecule has 15 heavy (non-hydrogen) atoms. The first-order valence-corrected chi connectivity index (χ1v) is 4.87. The minimum Gasteiger partial charge on any atom is -0.327 e. The predicted molar refractivity (Wildman–Crippen MR) is 62.1 cm³/mol. The van der Waals surface area contributed by atoms with Crippen LogP contribution in [0.2, 0.25) is 0 Å². The van der Waals surface area contributed by atoms with Gasteiger partial charge in [-0.25, -0.2) is 0 Å². The van der Waals surface area contributed by atoms with Gasteiger partial charge < -0.3 is 5.73 Å². The smallest absolute Gasteiger partial charge is 0.0722 e. The summed E-state index contributed by atoms with van der Waals surface area (Å²) in [6.45, 7) is 0.541. The van der Waals surface area contributed by atoms with Gasteiger partial charge in [-0.1, -0.05) is 42.5 Å². The number of nitrogens with one attached hydrogen (secondary N) is 1. The highest BCUT2D eigenvalue weighted by molar-refractivity contribution is 5.71. The van der Waals surface area contributed by atoms with Crippen LogP contribution in [0.25, 0.3) is 17.3 Å². The van der Waals surface area contributed by atoms with Crippen molar-refractivity contribution >= 4 is 6.08 Å². The van der Waals surface area contributed by atoms with E-state index in [-0.39, 0.29) is 0 Å². The Hall–Kier alpha value is -1.87. The van der Waals surface area contributed by atoms with Crippen molar-refractivity contribution in [3.63, 3.8) is 0 Å². The van der Waals surface area contributed by atoms with Crippen molar-refractivity contribution in [2.45, 2.75) is 0 Å². The van der Waals surface area contributed by atoms with Crippen LogP contribution in [0.3, 0.4) is 0 Å². The number of hydrogen-bond donors (Lipinski definition) is 2. The molecular formula is C12H13N3. The van der Waals surface area contributed by atoms with Crippen LogP contribution in [0.5, 0.6) is 0 Å². The lowest BCUT2D eigenvalue weighted by molar-refractivity contribution is 1.10. The van der Waals surface area contributed by atoms with Crippen LogP contribution in [0.4, 0.5) is 0 Å². The Balaban J connectivity index is 2.37. The molecule has 2 aromatic rings. The molecule has 3 nitrogen and oxygen atoms in total. The van der Waals surface area contributed by atoms with Crippen LogP contribution < -0.4 is 5.73 Å². The summed E-state index contributed by atoms with van der Waals surface area (Å²) >= 11 is 0. The molecule has 3 N–H and O–H groups in total. The van der Waals surface area contributed by atoms with Crippen molar-refractivity contribution in [2.75, 3.05) is 6.54 Å². The van der Waals surface area contributed by atoms with Gasteiger partial charge in [-0.2, -0.15) is 5.10 Å². The predicted octanol–water partition coefficient (Wildman–Crippen LogP) is 2.05. The quantitative estimate of drug-likeness (QED) is 0.794. The Morgan fingerprint density at radius 2 is 2.07 bits per heavy atom. The molecule has 76 valence electrons. The third kappa shape index (κ3) is 2.14. The molecule has 0 unspecified atom stereocenters. The van der Waals surface area contributed by atoms with Crippen molar-refractivity contribution in [1.82, 2.24) is 10.2 Å². The Morgan fingerprint density at radius 1 is 1.27 bits per heavy atom. The van der Waals surface area contributed by atoms with E-state index < -0.39 is 0 Å². The Labute approximate surface area is 88.6 Å². The second kappa shape index (κ2) is 4.57. The zero-order valence-electron chi connectivity index (χ0n) is 8.35. The van der Waals surface area contributed by atoms with Crippen molar-refractivity contribution < 1.29 is 0 Å². The lowest BCUT2D eigenvalue weighted by Gasteiger charge is -1.98. The standard InChI is InChI=1S/C12H13N3/c13-8-4-7-11-9-14-15-12(11)10-5-2-1-3-6-10/h1-7,9H,8,13H2,(H,14,15)/b7-4+. The number of hydrogen-bond acceptors (Lipinski definition) is 2. The van der Waals surface area contributed by atoms with E-state index in [1.165, 1.54) is 0 Å². The van der Waals surface area contributed by atoms with Gasteiger partial charge in [-0.05, 0) is 0 Å². The molecule has 2 rings (SSSR count). The van der Waals surface area contributed by atoms with Gasteiger partial charge in [-0.3, -0.25) is 5.10 Å². The molecule has 0 bridgehead atoms. The average Bonchev–Trinajstić information content (AvgIpc) is 2.75. The zero-order chi connectivity index (χ0) is 10.5. The van der Waals surface area contributed by atoms with E-state index in [0.717, 1.165) is 16.8 Å². The number of aromatic amines is 1. The van der Waals surface area contributed by atoms with Crippen molar-refractivity contribution in [3.8, 4) is 11.3 Å². The fraction of sp³-hybridized carbons (Fsp3) is 0.0833. The summed E-state index contributed by atoms with van der Waals surface area (Å²) in [6.07, 6.45) is 5.69. The van der Waals surface area contributed by atoms with Crippen molar-refractivity contribution in [3.05, 3.63) is 48.2 Å². The first-order chi connectivity index (χ1) is 7.42. The maximum Gasteiger partial charge on any atom is 0.0722 e. The highest BCUT2D eigenvalue weighted by atomic mass is 15.1. The van der Waals surface area contributed by atoms with Gasteiger partial charge in [0.15, 0.2) is 0 Å². The monoisotopic (exact) mass is 199 g/mol. The lowest BCUT2D eigenvalue weighted by atomic mass is 10.1. The highest BCUT2D eigenvalue weighted by Crippen LogP contribution is 2.21. The zero-order valence-corrected chi connectivity index (χ0v) is 8.35. The molecule has 0 aliphatic rings. The van der Waals surface area contributed by atoms with Gasteiger partial charge in [0.05, 0.1) is 11.9 Å². The van der Waals surface area contributed by atoms with Gasteiger partial charge in [-0.15, -0.1) is 0 Å². The van der Waals surface area contributed by atoms with Crippen LogP contribution in [-0.4, -0.2) is 16.7 Å². The van der Waals surface area contributed by atoms with E-state index in [1.54, 1.807) is 6.20 Å². The Kier molecular flexibility index (Phi) is 2.95. The number of rotatable bonds is 3. The SMILES string of the molecule is NC/C=C/c1cn[nH]c1-c1ccccc1. The van der Waals surface area contributed by atoms with Crippen molar-refractivity contribution in [2.24, 2.45) is 5.73 Å². The van der Waals surface area contributed by atoms with Gasteiger partial charge in [0, 0.05) is 17.7 Å². The second-order valence-corrected chi connectivity index (χ2v) is 3.20. The number of aromatic nitrogens is 2. The van der Waals surface area contributed by atoms with Crippen LogP contribution in [0.1, 0.15) is 5.56 Å². The molecule has 0 radical (unpaired) electrons. The normalized spacial score (nSPS) is 11.0. The minimum atomic E-state index is 0.541. The summed E-state index contributed by atoms with van der Waals surface area (Å²) in [6, 6.07) is 10.1. The highest BCUT2D eigenvalue weighted by Gasteiger charge is 2.03. The molecule has 1 aromatic heterocycles. The fourth-order valence-electron chi connectivity index (χ4n) is 1.45. The topological polar surface area (TPSA) is 54.7 Å². The largest absolute Gasteiger partial charge is 0.327 e. The van der Waals surface area contributed by atoms with E-state index in [2.05, 4.69) is 10.2 Å². The van der Waals surface area contributed by atoms with E-state index in [4.69, 9.17) is 5.73 Å². The summed E-state index contributed by atoms with van der Waals surface area (Å²) in [5, 5.41) is 7.02. The minimum absolute atomic E-state index is 0.541. The molecule has 0 atom stereocenters. The summed E-state index contributed by atoms with van der Waals surface area (Å²) in [5.74, 6) is 0. The molecule has 0 aliphatic carbocycles. The lowest BCUT2D eigenvalue weighted by Crippen LogP contribution is -1.92. The van der Waals surface area contributed by atoms with Crippen LogP contribution in [0.15, 0.2) is 42.6 Å². The van der Waals surface area contributed by atoms with Gasteiger partial charge >= 0.3 is 0 Å². The Bertz CT molecular complexity index is 443. The molecule has 0 fully saturated rings. The molecule has 0 saturated heterocycles. The number of benzene rings is 1. The molecule has 0 amide bonds. The molecular weight excluding hydrogens is 186 g/mol. The van der Waals surface area contributed by atoms with E-state index >= 15 is 0 Å². The summed E-state index contributed by atoms with van der Waals surface area (Å²) in [7, 11) is 0.